The van der Waals surface area contributed by atoms with Crippen molar-refractivity contribution in [1.82, 2.24) is 19.6 Å². The number of piperidine rings is 1. The zero-order valence-corrected chi connectivity index (χ0v) is 18.9. The van der Waals surface area contributed by atoms with E-state index in [4.69, 9.17) is 10.7 Å². The average molecular weight is 443 g/mol. The van der Waals surface area contributed by atoms with Gasteiger partial charge in [0.05, 0.1) is 17.6 Å². The number of rotatable bonds is 2. The number of pyridine rings is 1. The molecule has 0 radical (unpaired) electrons. The lowest BCUT2D eigenvalue weighted by atomic mass is 9.73. The van der Waals surface area contributed by atoms with Crippen LogP contribution < -0.4 is 10.6 Å². The molecule has 6 rings (SSSR count). The van der Waals surface area contributed by atoms with E-state index in [1.54, 1.807) is 12.3 Å². The lowest BCUT2D eigenvalue weighted by Gasteiger charge is -2.42. The summed E-state index contributed by atoms with van der Waals surface area (Å²) in [6.07, 6.45) is 6.54. The van der Waals surface area contributed by atoms with Crippen LogP contribution in [0.15, 0.2) is 48.8 Å². The Morgan fingerprint density at radius 3 is 2.70 bits per heavy atom. The predicted molar refractivity (Wildman–Crippen MR) is 127 cm³/mol. The monoisotopic (exact) mass is 442 g/mol. The largest absolute Gasteiger partial charge is 0.355 e. The molecule has 1 saturated heterocycles. The molecule has 1 aromatic carbocycles. The van der Waals surface area contributed by atoms with Crippen molar-refractivity contribution in [3.63, 3.8) is 0 Å². The fourth-order valence-electron chi connectivity index (χ4n) is 5.74. The van der Waals surface area contributed by atoms with Crippen LogP contribution in [0.4, 0.5) is 10.2 Å². The van der Waals surface area contributed by atoms with E-state index in [9.17, 15) is 4.39 Å². The predicted octanol–water partition coefficient (Wildman–Crippen LogP) is 4.39. The highest BCUT2D eigenvalue weighted by Gasteiger charge is 2.46. The Hall–Kier alpha value is -3.32. The van der Waals surface area contributed by atoms with Crippen LogP contribution in [-0.2, 0) is 6.42 Å². The molecule has 7 heteroatoms. The van der Waals surface area contributed by atoms with Gasteiger partial charge in [0.1, 0.15) is 11.3 Å². The number of benzene rings is 1. The molecule has 0 amide bonds. The molecule has 4 aromatic rings. The maximum atomic E-state index is 14.7. The van der Waals surface area contributed by atoms with E-state index in [1.165, 1.54) is 11.6 Å². The lowest BCUT2D eigenvalue weighted by molar-refractivity contribution is 0.187. The Bertz CT molecular complexity index is 1370. The first-order valence-corrected chi connectivity index (χ1v) is 11.5. The van der Waals surface area contributed by atoms with Crippen LogP contribution >= 0.6 is 0 Å². The molecular formula is C26H27FN6. The topological polar surface area (TPSA) is 72.3 Å². The van der Waals surface area contributed by atoms with Crippen molar-refractivity contribution in [3.05, 3.63) is 77.1 Å². The van der Waals surface area contributed by atoms with Crippen LogP contribution in [-0.4, -0.2) is 32.7 Å². The van der Waals surface area contributed by atoms with Crippen molar-refractivity contribution < 1.29 is 4.39 Å². The molecule has 3 aromatic heterocycles. The number of aromatic nitrogens is 4. The molecule has 33 heavy (non-hydrogen) atoms. The van der Waals surface area contributed by atoms with Gasteiger partial charge in [0.25, 0.3) is 0 Å². The number of nitrogens with two attached hydrogens (primary N) is 1. The Kier molecular flexibility index (Phi) is 4.52. The standard InChI is InChI=1S/C26H27FN6/c1-16-5-6-20(27)19(14-16)23-17(2)31-25(22-7-11-30-33(22)23)32-12-8-26(9-13-32)15-21-18(24(26)28)4-3-10-29-21/h3-7,10-11,14,24H,8-9,12-13,15,28H2,1-2H3/t24-/m1/s1. The van der Waals surface area contributed by atoms with Gasteiger partial charge >= 0.3 is 0 Å². The highest BCUT2D eigenvalue weighted by atomic mass is 19.1. The number of anilines is 1. The first kappa shape index (κ1) is 20.3. The molecule has 1 aliphatic heterocycles. The van der Waals surface area contributed by atoms with Gasteiger partial charge in [-0.3, -0.25) is 4.98 Å². The van der Waals surface area contributed by atoms with Gasteiger partial charge in [0.2, 0.25) is 0 Å². The van der Waals surface area contributed by atoms with Crippen molar-refractivity contribution in [1.29, 1.82) is 0 Å². The molecule has 0 bridgehead atoms. The van der Waals surface area contributed by atoms with Gasteiger partial charge in [0.15, 0.2) is 5.82 Å². The second-order valence-corrected chi connectivity index (χ2v) is 9.52. The molecule has 1 atom stereocenters. The van der Waals surface area contributed by atoms with Gasteiger partial charge in [-0.25, -0.2) is 13.9 Å². The van der Waals surface area contributed by atoms with Crippen molar-refractivity contribution >= 4 is 11.3 Å². The second-order valence-electron chi connectivity index (χ2n) is 9.52. The number of aryl methyl sites for hydroxylation is 2. The van der Waals surface area contributed by atoms with Crippen LogP contribution in [0.3, 0.4) is 0 Å². The molecule has 1 fully saturated rings. The molecular weight excluding hydrogens is 415 g/mol. The van der Waals surface area contributed by atoms with Crippen molar-refractivity contribution in [3.8, 4) is 11.3 Å². The fourth-order valence-corrected chi connectivity index (χ4v) is 5.74. The van der Waals surface area contributed by atoms with Gasteiger partial charge in [0, 0.05) is 36.6 Å². The second kappa shape index (κ2) is 7.35. The summed E-state index contributed by atoms with van der Waals surface area (Å²) in [4.78, 5) is 11.9. The van der Waals surface area contributed by atoms with E-state index in [0.717, 1.165) is 60.6 Å². The highest BCUT2D eigenvalue weighted by molar-refractivity contribution is 5.76. The summed E-state index contributed by atoms with van der Waals surface area (Å²) in [5.74, 6) is 0.636. The average Bonchev–Trinajstić information content (AvgIpc) is 3.40. The minimum atomic E-state index is -0.265. The smallest absolute Gasteiger partial charge is 0.155 e. The molecule has 1 spiro atoms. The summed E-state index contributed by atoms with van der Waals surface area (Å²) in [6.45, 7) is 5.63. The maximum absolute atomic E-state index is 14.7. The Labute approximate surface area is 192 Å². The summed E-state index contributed by atoms with van der Waals surface area (Å²) < 4.78 is 16.6. The van der Waals surface area contributed by atoms with Crippen LogP contribution in [0.5, 0.6) is 0 Å². The number of halogens is 1. The third-order valence-corrected chi connectivity index (χ3v) is 7.58. The Morgan fingerprint density at radius 1 is 1.09 bits per heavy atom. The lowest BCUT2D eigenvalue weighted by Crippen LogP contribution is -2.44. The molecule has 1 aliphatic carbocycles. The van der Waals surface area contributed by atoms with Crippen molar-refractivity contribution in [2.75, 3.05) is 18.0 Å². The van der Waals surface area contributed by atoms with Crippen LogP contribution in [0, 0.1) is 25.1 Å². The number of fused-ring (bicyclic) bond motifs is 2. The number of nitrogens with zero attached hydrogens (tertiary/aromatic N) is 5. The summed E-state index contributed by atoms with van der Waals surface area (Å²) in [5, 5.41) is 4.55. The summed E-state index contributed by atoms with van der Waals surface area (Å²) in [6, 6.07) is 11.2. The summed E-state index contributed by atoms with van der Waals surface area (Å²) >= 11 is 0. The SMILES string of the molecule is Cc1ccc(F)c(-c2c(C)nc(N3CCC4(CC3)Cc3ncccc3[C@H]4N)c3ccnn23)c1. The molecule has 168 valence electrons. The number of hydrogen-bond donors (Lipinski definition) is 1. The van der Waals surface area contributed by atoms with Gasteiger partial charge < -0.3 is 10.6 Å². The zero-order valence-electron chi connectivity index (χ0n) is 18.9. The molecule has 2 aliphatic rings. The van der Waals surface area contributed by atoms with Gasteiger partial charge in [-0.1, -0.05) is 17.7 Å². The quantitative estimate of drug-likeness (QED) is 0.499. The Balaban J connectivity index is 1.34. The van der Waals surface area contributed by atoms with E-state index in [-0.39, 0.29) is 17.3 Å². The van der Waals surface area contributed by atoms with Crippen LogP contribution in [0.25, 0.3) is 16.8 Å². The van der Waals surface area contributed by atoms with Gasteiger partial charge in [-0.05, 0) is 68.4 Å². The van der Waals surface area contributed by atoms with E-state index < -0.39 is 0 Å². The molecule has 4 heterocycles. The van der Waals surface area contributed by atoms with E-state index in [2.05, 4.69) is 21.0 Å². The fraction of sp³-hybridized carbons (Fsp3) is 0.346. The van der Waals surface area contributed by atoms with Crippen LogP contribution in [0.1, 0.15) is 41.4 Å². The molecule has 0 unspecified atom stereocenters. The Morgan fingerprint density at radius 2 is 1.91 bits per heavy atom. The minimum absolute atomic E-state index is 0.0275. The minimum Gasteiger partial charge on any atom is -0.355 e. The van der Waals surface area contributed by atoms with E-state index in [0.29, 0.717) is 11.3 Å². The molecule has 0 saturated carbocycles. The van der Waals surface area contributed by atoms with Gasteiger partial charge in [-0.2, -0.15) is 5.10 Å². The first-order valence-electron chi connectivity index (χ1n) is 11.5. The molecule has 2 N–H and O–H groups in total. The highest BCUT2D eigenvalue weighted by Crippen LogP contribution is 2.50. The maximum Gasteiger partial charge on any atom is 0.155 e. The van der Waals surface area contributed by atoms with Crippen molar-refractivity contribution in [2.45, 2.75) is 39.2 Å². The first-order chi connectivity index (χ1) is 16.0. The third-order valence-electron chi connectivity index (χ3n) is 7.58. The summed E-state index contributed by atoms with van der Waals surface area (Å²) in [7, 11) is 0. The normalized spacial score (nSPS) is 19.4. The van der Waals surface area contributed by atoms with Crippen LogP contribution in [0.2, 0.25) is 0 Å². The van der Waals surface area contributed by atoms with E-state index >= 15 is 0 Å². The zero-order chi connectivity index (χ0) is 22.7. The number of hydrogen-bond acceptors (Lipinski definition) is 5. The van der Waals surface area contributed by atoms with Crippen molar-refractivity contribution in [2.24, 2.45) is 11.1 Å². The summed E-state index contributed by atoms with van der Waals surface area (Å²) in [5.41, 5.74) is 13.0. The van der Waals surface area contributed by atoms with Gasteiger partial charge in [-0.15, -0.1) is 0 Å². The third kappa shape index (κ3) is 3.06. The van der Waals surface area contributed by atoms with E-state index in [1.807, 2.05) is 42.8 Å². The molecule has 6 nitrogen and oxygen atoms in total.